The quantitative estimate of drug-likeness (QED) is 0.462. The summed E-state index contributed by atoms with van der Waals surface area (Å²) < 4.78 is 2.56. The van der Waals surface area contributed by atoms with E-state index in [0.717, 1.165) is 12.8 Å². The number of hydrogen-bond acceptors (Lipinski definition) is 3. The van der Waals surface area contributed by atoms with Crippen LogP contribution in [0.1, 0.15) is 46.0 Å². The van der Waals surface area contributed by atoms with Gasteiger partial charge in [0.25, 0.3) is 0 Å². The van der Waals surface area contributed by atoms with E-state index in [0.29, 0.717) is 13.0 Å². The molecule has 0 atom stereocenters. The van der Waals surface area contributed by atoms with Crippen LogP contribution in [0.2, 0.25) is 0 Å². The van der Waals surface area contributed by atoms with Crippen LogP contribution in [0.25, 0.3) is 0 Å². The Morgan fingerprint density at radius 1 is 1.37 bits per heavy atom. The minimum atomic E-state index is 0.218. The molecule has 0 radical (unpaired) electrons. The van der Waals surface area contributed by atoms with Gasteiger partial charge in [-0.3, -0.25) is 0 Å². The second kappa shape index (κ2) is 6.21. The van der Waals surface area contributed by atoms with Crippen LogP contribution in [-0.4, -0.2) is 29.9 Å². The van der Waals surface area contributed by atoms with Gasteiger partial charge in [-0.2, -0.15) is 5.26 Å². The third-order valence-corrected chi connectivity index (χ3v) is 3.78. The van der Waals surface area contributed by atoms with Crippen molar-refractivity contribution < 1.29 is 4.58 Å². The van der Waals surface area contributed by atoms with Crippen molar-refractivity contribution >= 4 is 5.71 Å². The maximum atomic E-state index is 8.53. The Morgan fingerprint density at radius 3 is 2.79 bits per heavy atom. The Morgan fingerprint density at radius 2 is 2.11 bits per heavy atom. The van der Waals surface area contributed by atoms with E-state index >= 15 is 0 Å². The van der Waals surface area contributed by atoms with Gasteiger partial charge in [0, 0.05) is 37.9 Å². The molecule has 2 N–H and O–H groups in total. The maximum Gasteiger partial charge on any atom is 0.159 e. The molecule has 0 bridgehead atoms. The zero-order valence-electron chi connectivity index (χ0n) is 12.1. The molecule has 1 aliphatic heterocycles. The van der Waals surface area contributed by atoms with Crippen LogP contribution in [-0.2, 0) is 0 Å². The SMILES string of the molecule is CC1(C)C=C(NNCCC#N)CC(=[N+]2CCCC2)C1. The fourth-order valence-corrected chi connectivity index (χ4v) is 3.01. The molecular weight excluding hydrogens is 236 g/mol. The highest BCUT2D eigenvalue weighted by atomic mass is 15.4. The van der Waals surface area contributed by atoms with Gasteiger partial charge >= 0.3 is 0 Å². The molecule has 0 aromatic carbocycles. The highest BCUT2D eigenvalue weighted by Gasteiger charge is 2.31. The first-order chi connectivity index (χ1) is 9.11. The van der Waals surface area contributed by atoms with Gasteiger partial charge in [-0.05, 0) is 5.41 Å². The summed E-state index contributed by atoms with van der Waals surface area (Å²) in [6.07, 6.45) is 7.70. The third-order valence-electron chi connectivity index (χ3n) is 3.78. The Bertz CT molecular complexity index is 418. The molecule has 1 heterocycles. The van der Waals surface area contributed by atoms with Gasteiger partial charge in [-0.15, -0.1) is 0 Å². The molecule has 0 spiro atoms. The molecule has 2 rings (SSSR count). The Hall–Kier alpha value is -1.34. The first kappa shape index (κ1) is 14.1. The van der Waals surface area contributed by atoms with Gasteiger partial charge in [-0.25, -0.2) is 10.0 Å². The van der Waals surface area contributed by atoms with E-state index in [1.54, 1.807) is 5.71 Å². The molecule has 4 heteroatoms. The summed E-state index contributed by atoms with van der Waals surface area (Å²) in [4.78, 5) is 0. The molecular formula is C15H25N4+. The third kappa shape index (κ3) is 4.07. The molecule has 2 aliphatic rings. The van der Waals surface area contributed by atoms with E-state index in [-0.39, 0.29) is 5.41 Å². The molecule has 0 saturated carbocycles. The van der Waals surface area contributed by atoms with Crippen LogP contribution in [0.3, 0.4) is 0 Å². The van der Waals surface area contributed by atoms with Crippen LogP contribution in [0, 0.1) is 16.7 Å². The van der Waals surface area contributed by atoms with E-state index in [4.69, 9.17) is 5.26 Å². The number of nitriles is 1. The van der Waals surface area contributed by atoms with Crippen LogP contribution >= 0.6 is 0 Å². The summed E-state index contributed by atoms with van der Waals surface area (Å²) in [6.45, 7) is 7.72. The Balaban J connectivity index is 2.00. The predicted octanol–water partition coefficient (Wildman–Crippen LogP) is 1.95. The van der Waals surface area contributed by atoms with E-state index in [2.05, 4.69) is 41.4 Å². The number of hydrogen-bond donors (Lipinski definition) is 2. The van der Waals surface area contributed by atoms with Crippen molar-refractivity contribution in [3.05, 3.63) is 11.8 Å². The first-order valence-electron chi connectivity index (χ1n) is 7.28. The molecule has 0 unspecified atom stereocenters. The first-order valence-corrected chi connectivity index (χ1v) is 7.28. The van der Waals surface area contributed by atoms with Crippen molar-refractivity contribution in [3.63, 3.8) is 0 Å². The zero-order chi connectivity index (χ0) is 13.7. The summed E-state index contributed by atoms with van der Waals surface area (Å²) in [5.41, 5.74) is 9.44. The topological polar surface area (TPSA) is 50.9 Å². The number of nitrogens with one attached hydrogen (secondary N) is 2. The number of hydrazine groups is 1. The number of nitrogens with zero attached hydrogens (tertiary/aromatic N) is 2. The lowest BCUT2D eigenvalue weighted by molar-refractivity contribution is -0.508. The van der Waals surface area contributed by atoms with E-state index in [1.807, 2.05) is 0 Å². The van der Waals surface area contributed by atoms with E-state index in [1.165, 1.54) is 31.6 Å². The Labute approximate surface area is 116 Å². The standard InChI is InChI=1S/C15H25N4/c1-15(2)11-13(18-17-7-5-6-16)10-14(12-15)19-8-3-4-9-19/h11,17-18H,3-5,7-10,12H2,1-2H3/q+1. The lowest BCUT2D eigenvalue weighted by Crippen LogP contribution is -2.38. The lowest BCUT2D eigenvalue weighted by Gasteiger charge is -2.28. The molecule has 1 aliphatic carbocycles. The average Bonchev–Trinajstić information content (AvgIpc) is 2.86. The van der Waals surface area contributed by atoms with Gasteiger partial charge in [0.15, 0.2) is 5.71 Å². The highest BCUT2D eigenvalue weighted by molar-refractivity contribution is 5.84. The van der Waals surface area contributed by atoms with Gasteiger partial charge < -0.3 is 5.43 Å². The molecule has 104 valence electrons. The molecule has 1 fully saturated rings. The minimum absolute atomic E-state index is 0.218. The van der Waals surface area contributed by atoms with Crippen molar-refractivity contribution in [2.75, 3.05) is 19.6 Å². The fraction of sp³-hybridized carbons (Fsp3) is 0.733. The van der Waals surface area contributed by atoms with E-state index in [9.17, 15) is 0 Å². The van der Waals surface area contributed by atoms with Gasteiger partial charge in [0.1, 0.15) is 13.1 Å². The second-order valence-electron chi connectivity index (χ2n) is 6.23. The van der Waals surface area contributed by atoms with Crippen LogP contribution in [0.4, 0.5) is 0 Å². The average molecular weight is 261 g/mol. The summed E-state index contributed by atoms with van der Waals surface area (Å²) >= 11 is 0. The Kier molecular flexibility index (Phi) is 4.60. The van der Waals surface area contributed by atoms with Gasteiger partial charge in [0.05, 0.1) is 12.5 Å². The number of allylic oxidation sites excluding steroid dienone is 2. The van der Waals surface area contributed by atoms with Crippen molar-refractivity contribution in [1.29, 1.82) is 5.26 Å². The largest absolute Gasteiger partial charge is 0.325 e. The predicted molar refractivity (Wildman–Crippen MR) is 76.7 cm³/mol. The summed E-state index contributed by atoms with van der Waals surface area (Å²) in [7, 11) is 0. The van der Waals surface area contributed by atoms with Crippen molar-refractivity contribution in [2.45, 2.75) is 46.0 Å². The summed E-state index contributed by atoms with van der Waals surface area (Å²) in [6, 6.07) is 2.14. The molecule has 0 aromatic rings. The molecule has 0 amide bonds. The van der Waals surface area contributed by atoms with Crippen molar-refractivity contribution in [2.24, 2.45) is 5.41 Å². The summed E-state index contributed by atoms with van der Waals surface area (Å²) in [5.74, 6) is 0. The second-order valence-corrected chi connectivity index (χ2v) is 6.23. The monoisotopic (exact) mass is 261 g/mol. The van der Waals surface area contributed by atoms with E-state index < -0.39 is 0 Å². The van der Waals surface area contributed by atoms with Crippen molar-refractivity contribution in [1.82, 2.24) is 10.9 Å². The van der Waals surface area contributed by atoms with Gasteiger partial charge in [0.2, 0.25) is 0 Å². The van der Waals surface area contributed by atoms with Crippen LogP contribution < -0.4 is 10.9 Å². The lowest BCUT2D eigenvalue weighted by atomic mass is 9.80. The van der Waals surface area contributed by atoms with Crippen LogP contribution in [0.15, 0.2) is 11.8 Å². The smallest absolute Gasteiger partial charge is 0.159 e. The van der Waals surface area contributed by atoms with Gasteiger partial charge in [-0.1, -0.05) is 19.9 Å². The highest BCUT2D eigenvalue weighted by Crippen LogP contribution is 2.31. The van der Waals surface area contributed by atoms with Crippen molar-refractivity contribution in [3.8, 4) is 6.07 Å². The molecule has 19 heavy (non-hydrogen) atoms. The minimum Gasteiger partial charge on any atom is -0.325 e. The normalized spacial score (nSPS) is 22.1. The summed E-state index contributed by atoms with van der Waals surface area (Å²) in [5, 5.41) is 8.53. The molecule has 4 nitrogen and oxygen atoms in total. The van der Waals surface area contributed by atoms with Crippen LogP contribution in [0.5, 0.6) is 0 Å². The number of rotatable bonds is 4. The molecule has 0 aromatic heterocycles. The fourth-order valence-electron chi connectivity index (χ4n) is 3.01. The molecule has 1 saturated heterocycles. The zero-order valence-corrected chi connectivity index (χ0v) is 12.1. The maximum absolute atomic E-state index is 8.53.